The molecule has 1 N–H and O–H groups in total. The molecule has 0 fully saturated rings. The molecule has 0 saturated heterocycles. The number of H-pyrrole nitrogens is 1. The fraction of sp³-hybridized carbons (Fsp3) is 0.167. The first kappa shape index (κ1) is 10.9. The Balaban J connectivity index is 2.73. The van der Waals surface area contributed by atoms with E-state index in [1.165, 1.54) is 0 Å². The van der Waals surface area contributed by atoms with Gasteiger partial charge in [0.05, 0.1) is 6.04 Å². The molecule has 0 amide bonds. The molecule has 1 aromatic carbocycles. The lowest BCUT2D eigenvalue weighted by Gasteiger charge is -2.06. The van der Waals surface area contributed by atoms with Gasteiger partial charge < -0.3 is 4.98 Å². The highest BCUT2D eigenvalue weighted by Gasteiger charge is 2.08. The van der Waals surface area contributed by atoms with E-state index in [1.807, 2.05) is 13.0 Å². The molecule has 0 radical (unpaired) electrons. The zero-order valence-electron chi connectivity index (χ0n) is 8.83. The highest BCUT2D eigenvalue weighted by molar-refractivity contribution is 6.31. The monoisotopic (exact) mass is 234 g/mol. The van der Waals surface area contributed by atoms with Crippen molar-refractivity contribution in [2.75, 3.05) is 0 Å². The van der Waals surface area contributed by atoms with Crippen molar-refractivity contribution in [2.45, 2.75) is 13.0 Å². The summed E-state index contributed by atoms with van der Waals surface area (Å²) in [6, 6.07) is 6.93. The molecule has 3 nitrogen and oxygen atoms in total. The van der Waals surface area contributed by atoms with E-state index >= 15 is 0 Å². The average Bonchev–Trinajstić information content (AvgIpc) is 2.28. The summed E-state index contributed by atoms with van der Waals surface area (Å²) in [4.78, 5) is 18.4. The number of nitrogens with one attached hydrogen (secondary N) is 1. The number of fused-ring (bicyclic) bond motifs is 1. The summed E-state index contributed by atoms with van der Waals surface area (Å²) in [7, 11) is 0. The van der Waals surface area contributed by atoms with Crippen LogP contribution in [0.2, 0.25) is 5.02 Å². The maximum atomic E-state index is 11.7. The fourth-order valence-corrected chi connectivity index (χ4v) is 1.78. The molecule has 0 aliphatic heterocycles. The summed E-state index contributed by atoms with van der Waals surface area (Å²) in [6.07, 6.45) is 0. The maximum absolute atomic E-state index is 11.7. The number of aromatic amines is 1. The van der Waals surface area contributed by atoms with E-state index in [0.29, 0.717) is 10.6 Å². The van der Waals surface area contributed by atoms with Gasteiger partial charge in [-0.15, -0.1) is 0 Å². The van der Waals surface area contributed by atoms with Gasteiger partial charge in [0.2, 0.25) is 0 Å². The number of hydrogen-bond acceptors (Lipinski definition) is 2. The van der Waals surface area contributed by atoms with Crippen LogP contribution in [0.5, 0.6) is 0 Å². The molecule has 1 aromatic heterocycles. The van der Waals surface area contributed by atoms with Gasteiger partial charge in [0, 0.05) is 21.5 Å². The van der Waals surface area contributed by atoms with Gasteiger partial charge in [0.1, 0.15) is 0 Å². The quantitative estimate of drug-likeness (QED) is 0.798. The van der Waals surface area contributed by atoms with E-state index in [-0.39, 0.29) is 11.6 Å². The Morgan fingerprint density at radius 3 is 2.88 bits per heavy atom. The third-order valence-electron chi connectivity index (χ3n) is 2.56. The van der Waals surface area contributed by atoms with E-state index in [9.17, 15) is 4.79 Å². The highest BCUT2D eigenvalue weighted by Crippen LogP contribution is 2.20. The standard InChI is InChI=1S/C12H11ClN2O/c1-7(14-2)10-6-8-5-9(13)3-4-11(8)15-12(10)16/h3-7H,2H2,1H3,(H,15,16)/t7-/m0/s1. The van der Waals surface area contributed by atoms with Crippen LogP contribution < -0.4 is 5.56 Å². The molecule has 0 aliphatic carbocycles. The SMILES string of the molecule is C=N[C@@H](C)c1cc2cc(Cl)ccc2[nH]c1=O. The predicted octanol–water partition coefficient (Wildman–Crippen LogP) is 2.94. The van der Waals surface area contributed by atoms with Crippen LogP contribution in [0.3, 0.4) is 0 Å². The van der Waals surface area contributed by atoms with Gasteiger partial charge in [-0.3, -0.25) is 9.79 Å². The zero-order chi connectivity index (χ0) is 11.7. The van der Waals surface area contributed by atoms with Crippen molar-refractivity contribution < 1.29 is 0 Å². The summed E-state index contributed by atoms with van der Waals surface area (Å²) >= 11 is 5.90. The summed E-state index contributed by atoms with van der Waals surface area (Å²) < 4.78 is 0. The van der Waals surface area contributed by atoms with Gasteiger partial charge >= 0.3 is 0 Å². The molecular formula is C12H11ClN2O. The minimum atomic E-state index is -0.216. The summed E-state index contributed by atoms with van der Waals surface area (Å²) in [5.41, 5.74) is 1.24. The predicted molar refractivity (Wildman–Crippen MR) is 67.5 cm³/mol. The Morgan fingerprint density at radius 2 is 2.19 bits per heavy atom. The largest absolute Gasteiger partial charge is 0.322 e. The molecule has 0 saturated carbocycles. The smallest absolute Gasteiger partial charge is 0.253 e. The van der Waals surface area contributed by atoms with Crippen LogP contribution in [0.15, 0.2) is 34.1 Å². The minimum absolute atomic E-state index is 0.130. The van der Waals surface area contributed by atoms with Crippen LogP contribution >= 0.6 is 11.6 Å². The number of nitrogens with zero attached hydrogens (tertiary/aromatic N) is 1. The second-order valence-corrected chi connectivity index (χ2v) is 4.08. The van der Waals surface area contributed by atoms with Crippen molar-refractivity contribution in [1.29, 1.82) is 0 Å². The number of aliphatic imine (C=N–C) groups is 1. The van der Waals surface area contributed by atoms with Crippen molar-refractivity contribution in [1.82, 2.24) is 4.98 Å². The van der Waals surface area contributed by atoms with Crippen LogP contribution in [-0.4, -0.2) is 11.7 Å². The van der Waals surface area contributed by atoms with Crippen LogP contribution in [-0.2, 0) is 0 Å². The molecule has 2 aromatic rings. The third kappa shape index (κ3) is 1.86. The summed E-state index contributed by atoms with van der Waals surface area (Å²) in [5, 5.41) is 1.54. The molecule has 1 heterocycles. The molecule has 82 valence electrons. The van der Waals surface area contributed by atoms with Crippen molar-refractivity contribution >= 4 is 29.2 Å². The van der Waals surface area contributed by atoms with Crippen molar-refractivity contribution in [3.05, 3.63) is 45.2 Å². The molecule has 0 aliphatic rings. The average molecular weight is 235 g/mol. The minimum Gasteiger partial charge on any atom is -0.322 e. The van der Waals surface area contributed by atoms with Gasteiger partial charge in [-0.05, 0) is 37.9 Å². The Bertz CT molecular complexity index is 603. The van der Waals surface area contributed by atoms with Gasteiger partial charge in [0.25, 0.3) is 5.56 Å². The van der Waals surface area contributed by atoms with Crippen molar-refractivity contribution in [2.24, 2.45) is 4.99 Å². The lowest BCUT2D eigenvalue weighted by molar-refractivity contribution is 0.813. The van der Waals surface area contributed by atoms with Gasteiger partial charge in [-0.1, -0.05) is 11.6 Å². The van der Waals surface area contributed by atoms with E-state index < -0.39 is 0 Å². The molecule has 16 heavy (non-hydrogen) atoms. The Morgan fingerprint density at radius 1 is 1.44 bits per heavy atom. The maximum Gasteiger partial charge on any atom is 0.253 e. The Kier molecular flexibility index (Phi) is 2.79. The van der Waals surface area contributed by atoms with Crippen molar-refractivity contribution in [3.8, 4) is 0 Å². The van der Waals surface area contributed by atoms with Gasteiger partial charge in [0.15, 0.2) is 0 Å². The topological polar surface area (TPSA) is 45.2 Å². The first-order valence-electron chi connectivity index (χ1n) is 4.90. The van der Waals surface area contributed by atoms with E-state index in [1.54, 1.807) is 18.2 Å². The number of benzene rings is 1. The van der Waals surface area contributed by atoms with E-state index in [0.717, 1.165) is 10.9 Å². The first-order valence-corrected chi connectivity index (χ1v) is 5.28. The second-order valence-electron chi connectivity index (χ2n) is 3.64. The number of hydrogen-bond donors (Lipinski definition) is 1. The van der Waals surface area contributed by atoms with Crippen LogP contribution in [0.4, 0.5) is 0 Å². The summed E-state index contributed by atoms with van der Waals surface area (Å²) in [6.45, 7) is 5.27. The molecule has 0 spiro atoms. The highest BCUT2D eigenvalue weighted by atomic mass is 35.5. The molecule has 4 heteroatoms. The number of rotatable bonds is 2. The fourth-order valence-electron chi connectivity index (χ4n) is 1.60. The Hall–Kier alpha value is -1.61. The molecule has 0 bridgehead atoms. The van der Waals surface area contributed by atoms with Crippen LogP contribution in [0, 0.1) is 0 Å². The van der Waals surface area contributed by atoms with Crippen LogP contribution in [0.25, 0.3) is 10.9 Å². The number of pyridine rings is 1. The third-order valence-corrected chi connectivity index (χ3v) is 2.79. The Labute approximate surface area is 97.8 Å². The molecule has 1 atom stereocenters. The van der Waals surface area contributed by atoms with Crippen LogP contribution in [0.1, 0.15) is 18.5 Å². The second kappa shape index (κ2) is 4.10. The molecule has 0 unspecified atom stereocenters. The molecular weight excluding hydrogens is 224 g/mol. The lowest BCUT2D eigenvalue weighted by Crippen LogP contribution is -2.13. The number of halogens is 1. The zero-order valence-corrected chi connectivity index (χ0v) is 9.58. The summed E-state index contributed by atoms with van der Waals surface area (Å²) in [5.74, 6) is 0. The normalized spacial score (nSPS) is 12.6. The number of aromatic nitrogens is 1. The van der Waals surface area contributed by atoms with E-state index in [2.05, 4.69) is 16.7 Å². The lowest BCUT2D eigenvalue weighted by atomic mass is 10.1. The van der Waals surface area contributed by atoms with Gasteiger partial charge in [-0.25, -0.2) is 0 Å². The van der Waals surface area contributed by atoms with E-state index in [4.69, 9.17) is 11.6 Å². The molecule has 2 rings (SSSR count). The van der Waals surface area contributed by atoms with Gasteiger partial charge in [-0.2, -0.15) is 0 Å². The first-order chi connectivity index (χ1) is 7.61. The van der Waals surface area contributed by atoms with Crippen molar-refractivity contribution in [3.63, 3.8) is 0 Å².